The Balaban J connectivity index is 1.85. The van der Waals surface area contributed by atoms with Gasteiger partial charge in [-0.1, -0.05) is 19.9 Å². The van der Waals surface area contributed by atoms with E-state index >= 15 is 0 Å². The number of halogens is 3. The lowest BCUT2D eigenvalue weighted by Gasteiger charge is -2.28. The second kappa shape index (κ2) is 9.21. The van der Waals surface area contributed by atoms with Gasteiger partial charge in [-0.2, -0.15) is 13.2 Å². The summed E-state index contributed by atoms with van der Waals surface area (Å²) in [6.45, 7) is 2.79. The molecule has 0 unspecified atom stereocenters. The van der Waals surface area contributed by atoms with Gasteiger partial charge in [-0.25, -0.2) is 4.98 Å². The van der Waals surface area contributed by atoms with E-state index in [9.17, 15) is 27.9 Å². The van der Waals surface area contributed by atoms with E-state index in [-0.39, 0.29) is 41.5 Å². The van der Waals surface area contributed by atoms with E-state index in [0.717, 1.165) is 11.0 Å². The summed E-state index contributed by atoms with van der Waals surface area (Å²) < 4.78 is 40.2. The molecule has 1 aromatic carbocycles. The van der Waals surface area contributed by atoms with Gasteiger partial charge in [-0.3, -0.25) is 14.6 Å². The Hall–Kier alpha value is -3.05. The monoisotopic (exact) mass is 452 g/mol. The number of nitrogens with one attached hydrogen (secondary N) is 1. The van der Waals surface area contributed by atoms with Crippen LogP contribution in [0.1, 0.15) is 53.6 Å². The molecule has 11 heteroatoms. The lowest BCUT2D eigenvalue weighted by Crippen LogP contribution is -2.45. The summed E-state index contributed by atoms with van der Waals surface area (Å²) in [4.78, 5) is 34.9. The molecule has 0 bridgehead atoms. The first-order valence-corrected chi connectivity index (χ1v) is 9.94. The summed E-state index contributed by atoms with van der Waals surface area (Å²) in [7, 11) is 0. The number of carbonyl (C=O) groups excluding carboxylic acids is 2. The molecule has 3 rings (SSSR count). The number of benzene rings is 1. The Labute approximate surface area is 182 Å². The second-order valence-electron chi connectivity index (χ2n) is 7.92. The van der Waals surface area contributed by atoms with Crippen molar-refractivity contribution in [3.05, 3.63) is 53.0 Å². The van der Waals surface area contributed by atoms with Gasteiger partial charge >= 0.3 is 6.18 Å². The lowest BCUT2D eigenvalue weighted by atomic mass is 10.0. The molecular weight excluding hydrogens is 429 g/mol. The van der Waals surface area contributed by atoms with Crippen molar-refractivity contribution in [1.82, 2.24) is 14.9 Å². The van der Waals surface area contributed by atoms with Gasteiger partial charge < -0.3 is 20.4 Å². The quantitative estimate of drug-likeness (QED) is 0.595. The first kappa shape index (κ1) is 23.6. The number of nitrogens with zero attached hydrogens (tertiary/aromatic N) is 3. The van der Waals surface area contributed by atoms with Crippen molar-refractivity contribution in [2.24, 2.45) is 5.92 Å². The van der Waals surface area contributed by atoms with E-state index in [1.54, 1.807) is 0 Å². The Morgan fingerprint density at radius 1 is 1.25 bits per heavy atom. The van der Waals surface area contributed by atoms with Gasteiger partial charge in [0.05, 0.1) is 30.3 Å². The third kappa shape index (κ3) is 4.89. The van der Waals surface area contributed by atoms with Crippen LogP contribution in [0.2, 0.25) is 0 Å². The smallest absolute Gasteiger partial charge is 0.393 e. The van der Waals surface area contributed by atoms with Crippen molar-refractivity contribution < 1.29 is 33.0 Å². The first-order valence-electron chi connectivity index (χ1n) is 9.94. The summed E-state index contributed by atoms with van der Waals surface area (Å²) in [5.41, 5.74) is -0.996. The van der Waals surface area contributed by atoms with Crippen LogP contribution >= 0.6 is 0 Å². The van der Waals surface area contributed by atoms with E-state index in [4.69, 9.17) is 5.11 Å². The van der Waals surface area contributed by atoms with Crippen molar-refractivity contribution >= 4 is 17.6 Å². The highest BCUT2D eigenvalue weighted by molar-refractivity contribution is 6.03. The molecule has 0 saturated carbocycles. The largest absolute Gasteiger partial charge is 0.416 e. The van der Waals surface area contributed by atoms with E-state index in [2.05, 4.69) is 15.3 Å². The van der Waals surface area contributed by atoms with E-state index in [1.165, 1.54) is 24.5 Å². The Morgan fingerprint density at radius 2 is 1.97 bits per heavy atom. The number of anilines is 1. The SMILES string of the molecule is CC(C)C[C@@H](C(=O)Nc1cnc([C@H](O)CO)cn1)N1Cc2c(cccc2C(F)(F)F)C1=O. The van der Waals surface area contributed by atoms with Crippen LogP contribution in [0, 0.1) is 5.92 Å². The number of rotatable bonds is 7. The minimum Gasteiger partial charge on any atom is -0.393 e. The maximum absolute atomic E-state index is 13.4. The number of hydrogen-bond acceptors (Lipinski definition) is 6. The molecule has 0 fully saturated rings. The minimum atomic E-state index is -4.62. The minimum absolute atomic E-state index is 0.0301. The molecule has 32 heavy (non-hydrogen) atoms. The zero-order valence-electron chi connectivity index (χ0n) is 17.4. The molecular formula is C21H23F3N4O4. The zero-order valence-corrected chi connectivity index (χ0v) is 17.4. The highest BCUT2D eigenvalue weighted by Gasteiger charge is 2.42. The topological polar surface area (TPSA) is 116 Å². The number of aromatic nitrogens is 2. The molecule has 8 nitrogen and oxygen atoms in total. The van der Waals surface area contributed by atoms with E-state index in [1.807, 2.05) is 13.8 Å². The van der Waals surface area contributed by atoms with Crippen LogP contribution < -0.4 is 5.32 Å². The molecule has 172 valence electrons. The number of alkyl halides is 3. The summed E-state index contributed by atoms with van der Waals surface area (Å²) >= 11 is 0. The van der Waals surface area contributed by atoms with Crippen molar-refractivity contribution in [1.29, 1.82) is 0 Å². The van der Waals surface area contributed by atoms with Crippen LogP contribution in [-0.4, -0.2) is 49.5 Å². The van der Waals surface area contributed by atoms with Gasteiger partial charge in [0, 0.05) is 12.1 Å². The number of hydrogen-bond donors (Lipinski definition) is 3. The highest BCUT2D eigenvalue weighted by Crippen LogP contribution is 2.38. The molecule has 0 aliphatic carbocycles. The molecule has 2 aromatic rings. The third-order valence-corrected chi connectivity index (χ3v) is 5.11. The highest BCUT2D eigenvalue weighted by atomic mass is 19.4. The maximum Gasteiger partial charge on any atom is 0.416 e. The normalized spacial score (nSPS) is 15.6. The standard InChI is InChI=1S/C21H23F3N4O4/c1-11(2)6-16(19(31)27-18-8-25-15(7-26-18)17(30)10-29)28-9-13-12(20(28)32)4-3-5-14(13)21(22,23)24/h3-5,7-8,11,16-17,29-30H,6,9-10H2,1-2H3,(H,26,27,31)/t16-,17+/m0/s1. The molecule has 1 aliphatic heterocycles. The van der Waals surface area contributed by atoms with E-state index in [0.29, 0.717) is 0 Å². The molecule has 1 aliphatic rings. The van der Waals surface area contributed by atoms with Crippen LogP contribution in [0.4, 0.5) is 19.0 Å². The van der Waals surface area contributed by atoms with E-state index < -0.39 is 42.3 Å². The number of amides is 2. The maximum atomic E-state index is 13.4. The predicted octanol–water partition coefficient (Wildman–Crippen LogP) is 2.53. The molecule has 0 radical (unpaired) electrons. The molecule has 2 atom stereocenters. The molecule has 2 amide bonds. The molecule has 3 N–H and O–H groups in total. The fourth-order valence-corrected chi connectivity index (χ4v) is 3.57. The van der Waals surface area contributed by atoms with Gasteiger partial charge in [0.25, 0.3) is 5.91 Å². The first-order chi connectivity index (χ1) is 15.0. The van der Waals surface area contributed by atoms with Crippen molar-refractivity contribution in [2.75, 3.05) is 11.9 Å². The zero-order chi connectivity index (χ0) is 23.6. The van der Waals surface area contributed by atoms with Crippen LogP contribution in [0.25, 0.3) is 0 Å². The molecule has 1 aromatic heterocycles. The molecule has 0 spiro atoms. The fraction of sp³-hybridized carbons (Fsp3) is 0.429. The van der Waals surface area contributed by atoms with Gasteiger partial charge in [0.1, 0.15) is 12.1 Å². The van der Waals surface area contributed by atoms with Gasteiger partial charge in [-0.05, 0) is 30.0 Å². The summed E-state index contributed by atoms with van der Waals surface area (Å²) in [5, 5.41) is 21.0. The predicted molar refractivity (Wildman–Crippen MR) is 107 cm³/mol. The number of aliphatic hydroxyl groups excluding tert-OH is 2. The summed E-state index contributed by atoms with van der Waals surface area (Å²) in [5.74, 6) is -1.24. The summed E-state index contributed by atoms with van der Waals surface area (Å²) in [6.07, 6.45) is -3.25. The van der Waals surface area contributed by atoms with Crippen LogP contribution in [0.5, 0.6) is 0 Å². The number of carbonyl (C=O) groups is 2. The Kier molecular flexibility index (Phi) is 6.79. The average Bonchev–Trinajstić information content (AvgIpc) is 3.07. The van der Waals surface area contributed by atoms with Crippen molar-refractivity contribution in [3.63, 3.8) is 0 Å². The van der Waals surface area contributed by atoms with Gasteiger partial charge in [0.15, 0.2) is 5.82 Å². The van der Waals surface area contributed by atoms with Gasteiger partial charge in [-0.15, -0.1) is 0 Å². The number of aliphatic hydroxyl groups is 2. The lowest BCUT2D eigenvalue weighted by molar-refractivity contribution is -0.138. The summed E-state index contributed by atoms with van der Waals surface area (Å²) in [6, 6.07) is 2.40. The second-order valence-corrected chi connectivity index (χ2v) is 7.92. The van der Waals surface area contributed by atoms with Crippen LogP contribution in [-0.2, 0) is 17.5 Å². The molecule has 0 saturated heterocycles. The van der Waals surface area contributed by atoms with Crippen molar-refractivity contribution in [2.45, 2.75) is 45.1 Å². The van der Waals surface area contributed by atoms with Gasteiger partial charge in [0.2, 0.25) is 5.91 Å². The average molecular weight is 452 g/mol. The number of fused-ring (bicyclic) bond motifs is 1. The molecule has 2 heterocycles. The third-order valence-electron chi connectivity index (χ3n) is 5.11. The van der Waals surface area contributed by atoms with Crippen LogP contribution in [0.3, 0.4) is 0 Å². The Bertz CT molecular complexity index is 996. The van der Waals surface area contributed by atoms with Crippen LogP contribution in [0.15, 0.2) is 30.6 Å². The Morgan fingerprint density at radius 3 is 2.53 bits per heavy atom. The fourth-order valence-electron chi connectivity index (χ4n) is 3.57. The van der Waals surface area contributed by atoms with Crippen molar-refractivity contribution in [3.8, 4) is 0 Å².